The molecule has 168 valence electrons. The highest BCUT2D eigenvalue weighted by atomic mass is 32.2. The number of hydrogen-bond donors (Lipinski definition) is 2. The van der Waals surface area contributed by atoms with Gasteiger partial charge in [0.15, 0.2) is 0 Å². The van der Waals surface area contributed by atoms with Crippen LogP contribution in [0.5, 0.6) is 0 Å². The number of rotatable bonds is 6. The van der Waals surface area contributed by atoms with Crippen LogP contribution in [0.15, 0.2) is 44.4 Å². The van der Waals surface area contributed by atoms with Gasteiger partial charge in [-0.2, -0.15) is 4.72 Å². The maximum Gasteiger partial charge on any atom is 0.434 e. The second-order valence-electron chi connectivity index (χ2n) is 7.60. The summed E-state index contributed by atoms with van der Waals surface area (Å²) in [6.45, 7) is 4.95. The number of H-pyrrole nitrogens is 1. The van der Waals surface area contributed by atoms with Crippen LogP contribution in [0.1, 0.15) is 57.4 Å². The molecule has 2 atom stereocenters. The molecule has 0 bridgehead atoms. The summed E-state index contributed by atoms with van der Waals surface area (Å²) in [4.78, 5) is 23.3. The lowest BCUT2D eigenvalue weighted by Crippen LogP contribution is -2.33. The van der Waals surface area contributed by atoms with E-state index in [4.69, 9.17) is 9.15 Å². The van der Waals surface area contributed by atoms with Crippen LogP contribution in [0.2, 0.25) is 0 Å². The first-order chi connectivity index (χ1) is 15.1. The van der Waals surface area contributed by atoms with Crippen LogP contribution >= 0.6 is 0 Å². The number of sulfonamides is 1. The highest BCUT2D eigenvalue weighted by Gasteiger charge is 2.36. The van der Waals surface area contributed by atoms with Gasteiger partial charge in [0.05, 0.1) is 10.5 Å². The van der Waals surface area contributed by atoms with Gasteiger partial charge in [0, 0.05) is 11.5 Å². The summed E-state index contributed by atoms with van der Waals surface area (Å²) in [6.07, 6.45) is 0. The van der Waals surface area contributed by atoms with Crippen molar-refractivity contribution in [3.05, 3.63) is 80.4 Å². The Balaban J connectivity index is 1.81. The molecule has 0 spiro atoms. The van der Waals surface area contributed by atoms with Gasteiger partial charge in [-0.1, -0.05) is 19.1 Å². The normalized spacial score (nSPS) is 15.3. The molecule has 3 aromatic rings. The lowest BCUT2D eigenvalue weighted by Gasteiger charge is -2.25. The van der Waals surface area contributed by atoms with Crippen LogP contribution in [0.3, 0.4) is 0 Å². The third-order valence-electron chi connectivity index (χ3n) is 5.68. The van der Waals surface area contributed by atoms with E-state index in [9.17, 15) is 22.4 Å². The number of halogens is 1. The number of esters is 1. The molecule has 0 saturated heterocycles. The largest absolute Gasteiger partial charge is 0.457 e. The number of aromatic nitrogens is 2. The Labute approximate surface area is 182 Å². The highest BCUT2D eigenvalue weighted by Crippen LogP contribution is 2.36. The molecule has 2 heterocycles. The fraction of sp³-hybridized carbons (Fsp3) is 0.286. The van der Waals surface area contributed by atoms with E-state index >= 15 is 0 Å². The Hall–Kier alpha value is -3.31. The van der Waals surface area contributed by atoms with E-state index in [1.54, 1.807) is 19.9 Å². The molecule has 1 aromatic heterocycles. The molecule has 0 fully saturated rings. The quantitative estimate of drug-likeness (QED) is 0.540. The van der Waals surface area contributed by atoms with Gasteiger partial charge in [0.25, 0.3) is 0 Å². The van der Waals surface area contributed by atoms with Gasteiger partial charge >= 0.3 is 11.7 Å². The summed E-state index contributed by atoms with van der Waals surface area (Å²) in [5, 5.41) is 5.88. The molecule has 0 aliphatic carbocycles. The molecule has 9 nitrogen and oxygen atoms in total. The molecule has 0 saturated carbocycles. The lowest BCUT2D eigenvalue weighted by atomic mass is 9.88. The molecule has 11 heteroatoms. The molecule has 1 aliphatic rings. The summed E-state index contributed by atoms with van der Waals surface area (Å²) < 4.78 is 53.9. The van der Waals surface area contributed by atoms with Crippen molar-refractivity contribution in [2.24, 2.45) is 0 Å². The van der Waals surface area contributed by atoms with Gasteiger partial charge in [-0.3, -0.25) is 0 Å². The van der Waals surface area contributed by atoms with E-state index in [1.807, 2.05) is 6.92 Å². The Bertz CT molecular complexity index is 1380. The SMILES string of the molecule is Cc1ccc(F)c([C@@H](C)[C@H](NS(=O)(=O)c2cccc3c2COC3=O)c2n[nH]c(=O)o2)c1C. The predicted octanol–water partition coefficient (Wildman–Crippen LogP) is 2.61. The van der Waals surface area contributed by atoms with Crippen LogP contribution in [0.25, 0.3) is 0 Å². The van der Waals surface area contributed by atoms with Crippen molar-refractivity contribution in [3.63, 3.8) is 0 Å². The Morgan fingerprint density at radius 1 is 1.19 bits per heavy atom. The van der Waals surface area contributed by atoms with Gasteiger partial charge in [0.2, 0.25) is 15.9 Å². The van der Waals surface area contributed by atoms with Gasteiger partial charge in [-0.05, 0) is 48.7 Å². The standard InChI is InChI=1S/C21H20FN3O6S/c1-10-7-8-15(22)17(11(10)2)12(3)18(19-23-24-21(27)31-19)25-32(28,29)16-6-4-5-13-14(16)9-30-20(13)26/h4-8,12,18,25H,9H2,1-3H3,(H,24,27)/t12-,18+/m1/s1. The number of hydrogen-bond acceptors (Lipinski definition) is 7. The molecule has 0 unspecified atom stereocenters. The van der Waals surface area contributed by atoms with E-state index in [0.29, 0.717) is 5.56 Å². The van der Waals surface area contributed by atoms with Gasteiger partial charge in [0.1, 0.15) is 18.5 Å². The molecule has 4 rings (SSSR count). The number of nitrogens with one attached hydrogen (secondary N) is 2. The fourth-order valence-corrected chi connectivity index (χ4v) is 5.39. The summed E-state index contributed by atoms with van der Waals surface area (Å²) >= 11 is 0. The number of nitrogens with zero attached hydrogens (tertiary/aromatic N) is 1. The number of aromatic amines is 1. The summed E-state index contributed by atoms with van der Waals surface area (Å²) in [7, 11) is -4.26. The van der Waals surface area contributed by atoms with E-state index in [-0.39, 0.29) is 34.1 Å². The van der Waals surface area contributed by atoms with Crippen LogP contribution in [0, 0.1) is 19.7 Å². The zero-order chi connectivity index (χ0) is 23.2. The smallest absolute Gasteiger partial charge is 0.434 e. The summed E-state index contributed by atoms with van der Waals surface area (Å²) in [6, 6.07) is 5.94. The third kappa shape index (κ3) is 3.73. The lowest BCUT2D eigenvalue weighted by molar-refractivity contribution is 0.0534. The van der Waals surface area contributed by atoms with Crippen molar-refractivity contribution in [3.8, 4) is 0 Å². The Morgan fingerprint density at radius 2 is 1.94 bits per heavy atom. The number of carbonyl (C=O) groups is 1. The number of cyclic esters (lactones) is 1. The minimum atomic E-state index is -4.26. The molecule has 1 aliphatic heterocycles. The molecule has 32 heavy (non-hydrogen) atoms. The van der Waals surface area contributed by atoms with Crippen LogP contribution in [-0.2, 0) is 21.4 Å². The second kappa shape index (κ2) is 7.99. The first-order valence-electron chi connectivity index (χ1n) is 9.72. The minimum Gasteiger partial charge on any atom is -0.457 e. The number of carbonyl (C=O) groups excluding carboxylic acids is 1. The predicted molar refractivity (Wildman–Crippen MR) is 110 cm³/mol. The molecule has 0 radical (unpaired) electrons. The first-order valence-corrected chi connectivity index (χ1v) is 11.2. The first kappa shape index (κ1) is 21.9. The molecule has 2 aromatic carbocycles. The average Bonchev–Trinajstić information content (AvgIpc) is 3.35. The summed E-state index contributed by atoms with van der Waals surface area (Å²) in [5.74, 6) is -3.06. The number of ether oxygens (including phenoxy) is 1. The summed E-state index contributed by atoms with van der Waals surface area (Å²) in [5.41, 5.74) is 2.09. The Morgan fingerprint density at radius 3 is 2.62 bits per heavy atom. The van der Waals surface area contributed by atoms with Crippen molar-refractivity contribution >= 4 is 16.0 Å². The monoisotopic (exact) mass is 461 g/mol. The molecular formula is C21H20FN3O6S. The van der Waals surface area contributed by atoms with Gasteiger partial charge < -0.3 is 9.15 Å². The number of fused-ring (bicyclic) bond motifs is 1. The maximum atomic E-state index is 14.8. The fourth-order valence-electron chi connectivity index (χ4n) is 3.87. The average molecular weight is 461 g/mol. The third-order valence-corrected chi connectivity index (χ3v) is 7.21. The number of aryl methyl sites for hydroxylation is 1. The van der Waals surface area contributed by atoms with Crippen molar-refractivity contribution in [1.82, 2.24) is 14.9 Å². The topological polar surface area (TPSA) is 131 Å². The van der Waals surface area contributed by atoms with Crippen molar-refractivity contribution in [1.29, 1.82) is 0 Å². The maximum absolute atomic E-state index is 14.8. The number of benzene rings is 2. The molecule has 0 amide bonds. The van der Waals surface area contributed by atoms with Crippen LogP contribution in [0.4, 0.5) is 4.39 Å². The van der Waals surface area contributed by atoms with E-state index in [0.717, 1.165) is 5.56 Å². The van der Waals surface area contributed by atoms with Crippen LogP contribution < -0.4 is 10.5 Å². The van der Waals surface area contributed by atoms with Gasteiger partial charge in [-0.15, -0.1) is 5.10 Å². The van der Waals surface area contributed by atoms with Crippen molar-refractivity contribution in [2.75, 3.05) is 0 Å². The second-order valence-corrected chi connectivity index (χ2v) is 9.28. The van der Waals surface area contributed by atoms with E-state index < -0.39 is 39.5 Å². The van der Waals surface area contributed by atoms with Crippen LogP contribution in [-0.4, -0.2) is 24.6 Å². The molecular weight excluding hydrogens is 441 g/mol. The van der Waals surface area contributed by atoms with Gasteiger partial charge in [-0.25, -0.2) is 27.5 Å². The van der Waals surface area contributed by atoms with E-state index in [1.165, 1.54) is 24.3 Å². The van der Waals surface area contributed by atoms with E-state index in [2.05, 4.69) is 14.9 Å². The zero-order valence-electron chi connectivity index (χ0n) is 17.4. The Kier molecular flexibility index (Phi) is 5.47. The van der Waals surface area contributed by atoms with Crippen molar-refractivity contribution in [2.45, 2.75) is 44.2 Å². The highest BCUT2D eigenvalue weighted by molar-refractivity contribution is 7.89. The molecule has 2 N–H and O–H groups in total. The zero-order valence-corrected chi connectivity index (χ0v) is 18.2. The minimum absolute atomic E-state index is 0.155. The van der Waals surface area contributed by atoms with Crippen molar-refractivity contribution < 1.29 is 26.8 Å².